The minimum atomic E-state index is -0.932. The van der Waals surface area contributed by atoms with Gasteiger partial charge in [-0.3, -0.25) is 9.19 Å². The van der Waals surface area contributed by atoms with Crippen molar-refractivity contribution in [2.75, 3.05) is 5.73 Å². The van der Waals surface area contributed by atoms with Gasteiger partial charge in [0.15, 0.2) is 0 Å². The quantitative estimate of drug-likeness (QED) is 0.847. The Morgan fingerprint density at radius 3 is 2.67 bits per heavy atom. The van der Waals surface area contributed by atoms with Gasteiger partial charge < -0.3 is 5.73 Å². The van der Waals surface area contributed by atoms with Crippen LogP contribution in [-0.4, -0.2) is 13.9 Å². The molecule has 0 fully saturated rings. The van der Waals surface area contributed by atoms with Gasteiger partial charge in [0.25, 0.3) is 0 Å². The van der Waals surface area contributed by atoms with E-state index < -0.39 is 10.8 Å². The summed E-state index contributed by atoms with van der Waals surface area (Å²) in [4.78, 5) is 4.36. The Morgan fingerprint density at radius 1 is 1.28 bits per heavy atom. The Labute approximate surface area is 110 Å². The number of aromatic nitrogens is 1. The summed E-state index contributed by atoms with van der Waals surface area (Å²) in [5.41, 5.74) is 8.49. The number of nitrogens with zero attached hydrogens (tertiary/aromatic N) is 1. The molecule has 1 heterocycles. The Kier molecular flexibility index (Phi) is 3.39. The highest BCUT2D eigenvalue weighted by atomic mass is 32.2. The number of pyridine rings is 1. The minimum absolute atomic E-state index is 0.220. The van der Waals surface area contributed by atoms with Gasteiger partial charge >= 0.3 is 0 Å². The fourth-order valence-electron chi connectivity index (χ4n) is 1.73. The van der Waals surface area contributed by atoms with Crippen LogP contribution in [0.5, 0.6) is 0 Å². The molecule has 0 spiro atoms. The highest BCUT2D eigenvalue weighted by Crippen LogP contribution is 2.25. The van der Waals surface area contributed by atoms with Gasteiger partial charge in [0.1, 0.15) is 0 Å². The lowest BCUT2D eigenvalue weighted by molar-refractivity contribution is 0.648. The summed E-state index contributed by atoms with van der Waals surface area (Å²) in [5.74, 6) is 0.511. The minimum Gasteiger partial charge on any atom is -0.398 e. The van der Waals surface area contributed by atoms with Gasteiger partial charge in [-0.15, -0.1) is 0 Å². The van der Waals surface area contributed by atoms with E-state index in [0.29, 0.717) is 11.4 Å². The molecule has 0 aliphatic carbocycles. The Morgan fingerprint density at radius 2 is 2.00 bits per heavy atom. The number of anilines is 1. The van der Waals surface area contributed by atoms with Crippen molar-refractivity contribution < 1.29 is 4.21 Å². The first kappa shape index (κ1) is 13.0. The second-order valence-corrected chi connectivity index (χ2v) is 7.52. The largest absolute Gasteiger partial charge is 0.398 e. The summed E-state index contributed by atoms with van der Waals surface area (Å²) in [6, 6.07) is 7.60. The maximum atomic E-state index is 12.2. The molecule has 2 N–H and O–H groups in total. The Balaban J connectivity index is 2.47. The molecule has 0 aliphatic rings. The molecule has 0 radical (unpaired) electrons. The van der Waals surface area contributed by atoms with Gasteiger partial charge in [0, 0.05) is 32.8 Å². The smallest absolute Gasteiger partial charge is 0.0763 e. The second-order valence-electron chi connectivity index (χ2n) is 5.32. The van der Waals surface area contributed by atoms with E-state index >= 15 is 0 Å². The topological polar surface area (TPSA) is 56.0 Å². The zero-order chi connectivity index (χ0) is 13.3. The standard InChI is InChI=1S/C14H18N2OS/c1-14(2,3)18(17)9-10-6-7-12(15)11-5-4-8-16-13(10)11/h4-8H,9,15H2,1-3H3. The normalized spacial score (nSPS) is 13.7. The van der Waals surface area contributed by atoms with Gasteiger partial charge in [0.2, 0.25) is 0 Å². The predicted octanol–water partition coefficient (Wildman–Crippen LogP) is 2.86. The lowest BCUT2D eigenvalue weighted by Gasteiger charge is -2.18. The fourth-order valence-corrected chi connectivity index (χ4v) is 2.68. The van der Waals surface area contributed by atoms with Crippen LogP contribution in [0, 0.1) is 0 Å². The third-order valence-corrected chi connectivity index (χ3v) is 4.80. The number of nitrogens with two attached hydrogens (primary N) is 1. The molecule has 0 saturated heterocycles. The van der Waals surface area contributed by atoms with Crippen molar-refractivity contribution in [2.45, 2.75) is 31.3 Å². The summed E-state index contributed by atoms with van der Waals surface area (Å²) in [7, 11) is -0.932. The molecular formula is C14H18N2OS. The fraction of sp³-hybridized carbons (Fsp3) is 0.357. The zero-order valence-electron chi connectivity index (χ0n) is 10.9. The van der Waals surface area contributed by atoms with Gasteiger partial charge in [-0.25, -0.2) is 0 Å². The van der Waals surface area contributed by atoms with E-state index in [4.69, 9.17) is 5.73 Å². The summed E-state index contributed by atoms with van der Waals surface area (Å²) in [5, 5.41) is 0.931. The van der Waals surface area contributed by atoms with E-state index in [1.165, 1.54) is 0 Å². The van der Waals surface area contributed by atoms with Gasteiger partial charge in [-0.05, 0) is 44.5 Å². The van der Waals surface area contributed by atoms with Crippen LogP contribution in [0.3, 0.4) is 0 Å². The summed E-state index contributed by atoms with van der Waals surface area (Å²) < 4.78 is 12.0. The van der Waals surface area contributed by atoms with Crippen molar-refractivity contribution in [3.63, 3.8) is 0 Å². The predicted molar refractivity (Wildman–Crippen MR) is 77.8 cm³/mol. The first-order chi connectivity index (χ1) is 8.39. The Bertz CT molecular complexity index is 602. The lowest BCUT2D eigenvalue weighted by atomic mass is 10.1. The van der Waals surface area contributed by atoms with E-state index in [1.54, 1.807) is 6.20 Å². The van der Waals surface area contributed by atoms with Crippen LogP contribution in [0.4, 0.5) is 5.69 Å². The van der Waals surface area contributed by atoms with Crippen LogP contribution in [-0.2, 0) is 16.6 Å². The maximum Gasteiger partial charge on any atom is 0.0763 e. The molecule has 1 aromatic heterocycles. The van der Waals surface area contributed by atoms with Crippen molar-refractivity contribution in [3.05, 3.63) is 36.0 Å². The number of hydrogen-bond donors (Lipinski definition) is 1. The van der Waals surface area contributed by atoms with Crippen molar-refractivity contribution in [1.82, 2.24) is 4.98 Å². The molecule has 2 rings (SSSR count). The second kappa shape index (κ2) is 4.69. The summed E-state index contributed by atoms with van der Waals surface area (Å²) >= 11 is 0. The van der Waals surface area contributed by atoms with Crippen LogP contribution in [0.15, 0.2) is 30.5 Å². The Hall–Kier alpha value is -1.42. The summed E-state index contributed by atoms with van der Waals surface area (Å²) in [6.45, 7) is 5.95. The average molecular weight is 262 g/mol. The van der Waals surface area contributed by atoms with Gasteiger partial charge in [0.05, 0.1) is 11.3 Å². The highest BCUT2D eigenvalue weighted by molar-refractivity contribution is 7.85. The van der Waals surface area contributed by atoms with E-state index in [2.05, 4.69) is 4.98 Å². The van der Waals surface area contributed by atoms with Crippen molar-refractivity contribution >= 4 is 27.4 Å². The van der Waals surface area contributed by atoms with E-state index in [1.807, 2.05) is 45.0 Å². The third kappa shape index (κ3) is 2.53. The van der Waals surface area contributed by atoms with E-state index in [-0.39, 0.29) is 4.75 Å². The average Bonchev–Trinajstić information content (AvgIpc) is 2.32. The molecule has 1 unspecified atom stereocenters. The SMILES string of the molecule is CC(C)(C)S(=O)Cc1ccc(N)c2cccnc12. The van der Waals surface area contributed by atoms with E-state index in [9.17, 15) is 4.21 Å². The van der Waals surface area contributed by atoms with E-state index in [0.717, 1.165) is 16.5 Å². The number of hydrogen-bond acceptors (Lipinski definition) is 3. The zero-order valence-corrected chi connectivity index (χ0v) is 11.8. The number of nitrogen functional groups attached to an aromatic ring is 1. The van der Waals surface area contributed by atoms with Gasteiger partial charge in [-0.2, -0.15) is 0 Å². The molecule has 96 valence electrons. The first-order valence-corrected chi connectivity index (χ1v) is 7.22. The molecule has 0 amide bonds. The molecule has 2 aromatic rings. The van der Waals surface area contributed by atoms with Crippen molar-refractivity contribution in [3.8, 4) is 0 Å². The molecule has 0 saturated carbocycles. The molecule has 18 heavy (non-hydrogen) atoms. The molecule has 3 nitrogen and oxygen atoms in total. The van der Waals surface area contributed by atoms with Crippen LogP contribution < -0.4 is 5.73 Å². The lowest BCUT2D eigenvalue weighted by Crippen LogP contribution is -2.23. The molecule has 4 heteroatoms. The molecular weight excluding hydrogens is 244 g/mol. The molecule has 0 bridgehead atoms. The van der Waals surface area contributed by atoms with Gasteiger partial charge in [-0.1, -0.05) is 6.07 Å². The molecule has 1 atom stereocenters. The molecule has 0 aliphatic heterocycles. The van der Waals surface area contributed by atoms with Crippen LogP contribution in [0.1, 0.15) is 26.3 Å². The van der Waals surface area contributed by atoms with Crippen molar-refractivity contribution in [1.29, 1.82) is 0 Å². The maximum absolute atomic E-state index is 12.2. The number of fused-ring (bicyclic) bond motifs is 1. The van der Waals surface area contributed by atoms with Crippen molar-refractivity contribution in [2.24, 2.45) is 0 Å². The van der Waals surface area contributed by atoms with Crippen LogP contribution in [0.25, 0.3) is 10.9 Å². The molecule has 1 aromatic carbocycles. The van der Waals surface area contributed by atoms with Crippen LogP contribution in [0.2, 0.25) is 0 Å². The number of benzene rings is 1. The van der Waals surface area contributed by atoms with Crippen LogP contribution >= 0.6 is 0 Å². The monoisotopic (exact) mass is 262 g/mol. The summed E-state index contributed by atoms with van der Waals surface area (Å²) in [6.07, 6.45) is 1.74. The number of rotatable bonds is 2. The third-order valence-electron chi connectivity index (χ3n) is 2.86. The highest BCUT2D eigenvalue weighted by Gasteiger charge is 2.20. The first-order valence-electron chi connectivity index (χ1n) is 5.90.